The Balaban J connectivity index is 1.63. The number of hydrogen-bond donors (Lipinski definition) is 1. The molecule has 0 bridgehead atoms. The first-order valence-corrected chi connectivity index (χ1v) is 9.89. The molecule has 0 aromatic heterocycles. The molecule has 1 heterocycles. The van der Waals surface area contributed by atoms with Crippen LogP contribution in [0.4, 0.5) is 5.69 Å². The number of anilines is 1. The number of unbranched alkanes of at least 4 members (excludes halogenated alkanes) is 2. The topological polar surface area (TPSA) is 66.0 Å². The monoisotopic (exact) mass is 397 g/mol. The maximum Gasteiger partial charge on any atom is 0.248 e. The zero-order valence-corrected chi connectivity index (χ0v) is 16.9. The summed E-state index contributed by atoms with van der Waals surface area (Å²) in [5.41, 5.74) is 1.43. The van der Waals surface area contributed by atoms with E-state index in [1.54, 1.807) is 19.3 Å². The molecule has 6 nitrogen and oxygen atoms in total. The lowest BCUT2D eigenvalue weighted by Gasteiger charge is -2.20. The van der Waals surface area contributed by atoms with Crippen LogP contribution in [0.25, 0.3) is 6.08 Å². The minimum Gasteiger partial charge on any atom is -0.493 e. The highest BCUT2D eigenvalue weighted by Gasteiger charge is 2.16. The Morgan fingerprint density at radius 3 is 2.83 bits per heavy atom. The van der Waals surface area contributed by atoms with Gasteiger partial charge in [-0.05, 0) is 42.3 Å². The van der Waals surface area contributed by atoms with Gasteiger partial charge in [0.05, 0.1) is 19.4 Å². The molecule has 0 atom stereocenters. The second-order valence-electron chi connectivity index (χ2n) is 6.62. The van der Waals surface area contributed by atoms with E-state index < -0.39 is 0 Å². The lowest BCUT2D eigenvalue weighted by Crippen LogP contribution is -2.17. The lowest BCUT2D eigenvalue weighted by atomic mass is 10.2. The second kappa shape index (κ2) is 10.4. The number of para-hydroxylation sites is 1. The van der Waals surface area contributed by atoms with E-state index in [0.29, 0.717) is 48.5 Å². The number of nitrogens with one attached hydrogen (secondary N) is 1. The summed E-state index contributed by atoms with van der Waals surface area (Å²) >= 11 is 0. The van der Waals surface area contributed by atoms with Crippen LogP contribution in [0.5, 0.6) is 23.0 Å². The van der Waals surface area contributed by atoms with E-state index in [2.05, 4.69) is 12.2 Å². The molecule has 6 heteroatoms. The van der Waals surface area contributed by atoms with Gasteiger partial charge >= 0.3 is 0 Å². The molecule has 154 valence electrons. The normalized spacial score (nSPS) is 12.6. The van der Waals surface area contributed by atoms with Crippen LogP contribution in [0.1, 0.15) is 31.7 Å². The van der Waals surface area contributed by atoms with Gasteiger partial charge in [0.1, 0.15) is 13.2 Å². The number of methoxy groups -OCH3 is 1. The van der Waals surface area contributed by atoms with Crippen molar-refractivity contribution in [3.05, 3.63) is 48.0 Å². The molecule has 29 heavy (non-hydrogen) atoms. The van der Waals surface area contributed by atoms with E-state index in [0.717, 1.165) is 24.8 Å². The van der Waals surface area contributed by atoms with Crippen molar-refractivity contribution in [1.82, 2.24) is 0 Å². The first kappa shape index (κ1) is 20.6. The van der Waals surface area contributed by atoms with E-state index in [-0.39, 0.29) is 5.91 Å². The molecule has 3 rings (SSSR count). The Hall–Kier alpha value is -3.15. The zero-order chi connectivity index (χ0) is 20.5. The van der Waals surface area contributed by atoms with E-state index in [1.807, 2.05) is 30.3 Å². The van der Waals surface area contributed by atoms with Gasteiger partial charge in [0.25, 0.3) is 0 Å². The van der Waals surface area contributed by atoms with E-state index >= 15 is 0 Å². The van der Waals surface area contributed by atoms with Gasteiger partial charge < -0.3 is 24.3 Å². The zero-order valence-electron chi connectivity index (χ0n) is 16.9. The minimum absolute atomic E-state index is 0.258. The third-order valence-corrected chi connectivity index (χ3v) is 4.44. The van der Waals surface area contributed by atoms with Gasteiger partial charge in [0, 0.05) is 6.08 Å². The van der Waals surface area contributed by atoms with Crippen LogP contribution >= 0.6 is 0 Å². The molecule has 0 spiro atoms. The van der Waals surface area contributed by atoms with E-state index in [1.165, 1.54) is 6.08 Å². The third-order valence-electron chi connectivity index (χ3n) is 4.44. The SMILES string of the molecule is CCCCCOc1ccc(C=CC(=O)Nc2cccc3c2OCCO3)cc1OC. The van der Waals surface area contributed by atoms with Crippen LogP contribution in [0.2, 0.25) is 0 Å². The quantitative estimate of drug-likeness (QED) is 0.491. The van der Waals surface area contributed by atoms with Crippen LogP contribution < -0.4 is 24.3 Å². The van der Waals surface area contributed by atoms with E-state index in [9.17, 15) is 4.79 Å². The van der Waals surface area contributed by atoms with Crippen molar-refractivity contribution < 1.29 is 23.7 Å². The summed E-state index contributed by atoms with van der Waals surface area (Å²) in [6.07, 6.45) is 6.50. The second-order valence-corrected chi connectivity index (χ2v) is 6.62. The molecule has 0 aliphatic carbocycles. The summed E-state index contributed by atoms with van der Waals surface area (Å²) in [5.74, 6) is 2.29. The minimum atomic E-state index is -0.258. The van der Waals surface area contributed by atoms with Gasteiger partial charge in [-0.2, -0.15) is 0 Å². The Morgan fingerprint density at radius 1 is 1.14 bits per heavy atom. The van der Waals surface area contributed by atoms with Gasteiger partial charge in [-0.25, -0.2) is 0 Å². The molecule has 2 aromatic rings. The van der Waals surface area contributed by atoms with Crippen LogP contribution in [0, 0.1) is 0 Å². The number of fused-ring (bicyclic) bond motifs is 1. The first-order valence-electron chi connectivity index (χ1n) is 9.89. The maximum atomic E-state index is 12.3. The van der Waals surface area contributed by atoms with Gasteiger partial charge in [-0.1, -0.05) is 31.9 Å². The molecular formula is C23H27NO5. The van der Waals surface area contributed by atoms with Crippen molar-refractivity contribution in [3.8, 4) is 23.0 Å². The van der Waals surface area contributed by atoms with Gasteiger partial charge in [0.2, 0.25) is 5.91 Å². The Labute approximate surface area is 171 Å². The van der Waals surface area contributed by atoms with Crippen LogP contribution in [-0.4, -0.2) is 32.8 Å². The van der Waals surface area contributed by atoms with Crippen molar-refractivity contribution in [3.63, 3.8) is 0 Å². The highest BCUT2D eigenvalue weighted by atomic mass is 16.6. The molecule has 0 saturated heterocycles. The summed E-state index contributed by atoms with van der Waals surface area (Å²) in [6, 6.07) is 11.0. The number of carbonyl (C=O) groups excluding carboxylic acids is 1. The Bertz CT molecular complexity index is 862. The molecule has 0 saturated carbocycles. The van der Waals surface area contributed by atoms with Crippen molar-refractivity contribution in [2.75, 3.05) is 32.2 Å². The molecule has 2 aromatic carbocycles. The molecule has 1 aliphatic rings. The number of hydrogen-bond acceptors (Lipinski definition) is 5. The van der Waals surface area contributed by atoms with Crippen molar-refractivity contribution in [2.45, 2.75) is 26.2 Å². The molecular weight excluding hydrogens is 370 g/mol. The van der Waals surface area contributed by atoms with Gasteiger partial charge in [-0.3, -0.25) is 4.79 Å². The highest BCUT2D eigenvalue weighted by Crippen LogP contribution is 2.37. The fourth-order valence-electron chi connectivity index (χ4n) is 2.96. The number of rotatable bonds is 9. The van der Waals surface area contributed by atoms with Crippen LogP contribution in [0.15, 0.2) is 42.5 Å². The van der Waals surface area contributed by atoms with Crippen LogP contribution in [-0.2, 0) is 4.79 Å². The van der Waals surface area contributed by atoms with Gasteiger partial charge in [0.15, 0.2) is 23.0 Å². The molecule has 1 aliphatic heterocycles. The highest BCUT2D eigenvalue weighted by molar-refractivity contribution is 6.03. The number of carbonyl (C=O) groups is 1. The standard InChI is InChI=1S/C23H27NO5/c1-3-4-5-13-27-19-11-9-17(16-21(19)26-2)10-12-22(25)24-18-7-6-8-20-23(18)29-15-14-28-20/h6-12,16H,3-5,13-15H2,1-2H3,(H,24,25). The summed E-state index contributed by atoms with van der Waals surface area (Å²) in [4.78, 5) is 12.3. The van der Waals surface area contributed by atoms with Crippen molar-refractivity contribution >= 4 is 17.7 Å². The number of ether oxygens (including phenoxy) is 4. The third kappa shape index (κ3) is 5.67. The molecule has 0 unspecified atom stereocenters. The van der Waals surface area contributed by atoms with Crippen molar-refractivity contribution in [2.24, 2.45) is 0 Å². The average Bonchev–Trinajstić information content (AvgIpc) is 2.76. The van der Waals surface area contributed by atoms with Gasteiger partial charge in [-0.15, -0.1) is 0 Å². The van der Waals surface area contributed by atoms with E-state index in [4.69, 9.17) is 18.9 Å². The average molecular weight is 397 g/mol. The fourth-order valence-corrected chi connectivity index (χ4v) is 2.96. The Kier molecular flexibility index (Phi) is 7.39. The number of amides is 1. The molecule has 0 radical (unpaired) electrons. The fraction of sp³-hybridized carbons (Fsp3) is 0.348. The Morgan fingerprint density at radius 2 is 2.00 bits per heavy atom. The maximum absolute atomic E-state index is 12.3. The lowest BCUT2D eigenvalue weighted by molar-refractivity contribution is -0.111. The summed E-state index contributed by atoms with van der Waals surface area (Å²) in [5, 5.41) is 2.83. The summed E-state index contributed by atoms with van der Waals surface area (Å²) in [7, 11) is 1.61. The first-order chi connectivity index (χ1) is 14.2. The summed E-state index contributed by atoms with van der Waals surface area (Å²) in [6.45, 7) is 3.78. The largest absolute Gasteiger partial charge is 0.493 e. The van der Waals surface area contributed by atoms with Crippen LogP contribution in [0.3, 0.4) is 0 Å². The summed E-state index contributed by atoms with van der Waals surface area (Å²) < 4.78 is 22.4. The van der Waals surface area contributed by atoms with Crippen molar-refractivity contribution in [1.29, 1.82) is 0 Å². The molecule has 1 N–H and O–H groups in total. The molecule has 1 amide bonds. The molecule has 0 fully saturated rings. The number of benzene rings is 2. The smallest absolute Gasteiger partial charge is 0.248 e. The predicted octanol–water partition coefficient (Wildman–Crippen LogP) is 4.69. The predicted molar refractivity (Wildman–Crippen MR) is 113 cm³/mol.